The zero-order valence-corrected chi connectivity index (χ0v) is 13.5. The Bertz CT molecular complexity index is 531. The van der Waals surface area contributed by atoms with E-state index in [9.17, 15) is 0 Å². The van der Waals surface area contributed by atoms with Crippen molar-refractivity contribution in [3.63, 3.8) is 0 Å². The lowest BCUT2D eigenvalue weighted by Gasteiger charge is -2.38. The van der Waals surface area contributed by atoms with E-state index < -0.39 is 0 Å². The van der Waals surface area contributed by atoms with E-state index in [1.54, 1.807) is 0 Å². The van der Waals surface area contributed by atoms with Gasteiger partial charge < -0.3 is 19.7 Å². The summed E-state index contributed by atoms with van der Waals surface area (Å²) < 4.78 is 11.5. The SMILES string of the molecule is Cc1cccc(NC(=S)N2CCC3(CC2)OCCO3)c1C. The standard InChI is InChI=1S/C16H22N2O2S/c1-12-4-3-5-14(13(12)2)17-15(21)18-8-6-16(7-9-18)19-10-11-20-16/h3-5H,6-11H2,1-2H3,(H,17,21). The molecule has 0 unspecified atom stereocenters. The summed E-state index contributed by atoms with van der Waals surface area (Å²) in [4.78, 5) is 2.20. The van der Waals surface area contributed by atoms with Gasteiger partial charge in [0.15, 0.2) is 10.9 Å². The van der Waals surface area contributed by atoms with Crippen molar-refractivity contribution in [2.45, 2.75) is 32.5 Å². The third-order valence-corrected chi connectivity index (χ3v) is 4.83. The molecule has 4 nitrogen and oxygen atoms in total. The Kier molecular flexibility index (Phi) is 4.15. The molecule has 0 amide bonds. The van der Waals surface area contributed by atoms with Crippen molar-refractivity contribution < 1.29 is 9.47 Å². The van der Waals surface area contributed by atoms with Gasteiger partial charge in [0.1, 0.15) is 0 Å². The Labute approximate surface area is 131 Å². The molecule has 2 fully saturated rings. The number of anilines is 1. The lowest BCUT2D eigenvalue weighted by molar-refractivity contribution is -0.180. The van der Waals surface area contributed by atoms with Crippen LogP contribution in [0.1, 0.15) is 24.0 Å². The number of hydrogen-bond acceptors (Lipinski definition) is 3. The van der Waals surface area contributed by atoms with Gasteiger partial charge in [0, 0.05) is 31.6 Å². The monoisotopic (exact) mass is 306 g/mol. The minimum atomic E-state index is -0.342. The summed E-state index contributed by atoms with van der Waals surface area (Å²) in [5.74, 6) is -0.342. The van der Waals surface area contributed by atoms with Gasteiger partial charge in [-0.25, -0.2) is 0 Å². The molecule has 0 aliphatic carbocycles. The molecule has 0 saturated carbocycles. The second-order valence-corrected chi connectivity index (χ2v) is 6.16. The predicted octanol–water partition coefficient (Wildman–Crippen LogP) is 2.84. The van der Waals surface area contributed by atoms with Crippen molar-refractivity contribution >= 4 is 23.0 Å². The van der Waals surface area contributed by atoms with Crippen molar-refractivity contribution in [1.29, 1.82) is 0 Å². The van der Waals surface area contributed by atoms with Crippen molar-refractivity contribution in [2.75, 3.05) is 31.6 Å². The Balaban J connectivity index is 1.60. The molecular weight excluding hydrogens is 284 g/mol. The van der Waals surface area contributed by atoms with Gasteiger partial charge in [0.05, 0.1) is 13.2 Å². The fourth-order valence-electron chi connectivity index (χ4n) is 2.92. The molecule has 0 atom stereocenters. The van der Waals surface area contributed by atoms with Crippen LogP contribution in [0, 0.1) is 13.8 Å². The number of nitrogens with one attached hydrogen (secondary N) is 1. The first-order valence-corrected chi connectivity index (χ1v) is 7.91. The summed E-state index contributed by atoms with van der Waals surface area (Å²) in [5, 5.41) is 4.16. The molecule has 0 bridgehead atoms. The summed E-state index contributed by atoms with van der Waals surface area (Å²) in [6.07, 6.45) is 1.75. The molecule has 1 aromatic carbocycles. The molecule has 3 rings (SSSR count). The molecule has 114 valence electrons. The Morgan fingerprint density at radius 1 is 1.19 bits per heavy atom. The van der Waals surface area contributed by atoms with E-state index in [2.05, 4.69) is 42.3 Å². The fraction of sp³-hybridized carbons (Fsp3) is 0.562. The van der Waals surface area contributed by atoms with Crippen LogP contribution in [0.5, 0.6) is 0 Å². The number of nitrogens with zero attached hydrogens (tertiary/aromatic N) is 1. The minimum absolute atomic E-state index is 0.342. The first-order valence-electron chi connectivity index (χ1n) is 7.50. The number of rotatable bonds is 1. The lowest BCUT2D eigenvalue weighted by Crippen LogP contribution is -2.48. The van der Waals surface area contributed by atoms with Gasteiger partial charge in [-0.15, -0.1) is 0 Å². The van der Waals surface area contributed by atoms with Crippen LogP contribution in [0.15, 0.2) is 18.2 Å². The third kappa shape index (κ3) is 3.05. The van der Waals surface area contributed by atoms with E-state index in [4.69, 9.17) is 21.7 Å². The molecule has 1 spiro atoms. The summed E-state index contributed by atoms with van der Waals surface area (Å²) >= 11 is 5.56. The van der Waals surface area contributed by atoms with Crippen molar-refractivity contribution in [1.82, 2.24) is 4.90 Å². The number of aryl methyl sites for hydroxylation is 1. The number of piperidine rings is 1. The molecule has 2 aliphatic heterocycles. The van der Waals surface area contributed by atoms with E-state index >= 15 is 0 Å². The summed E-state index contributed by atoms with van der Waals surface area (Å²) in [5.41, 5.74) is 3.61. The maximum Gasteiger partial charge on any atom is 0.173 e. The molecule has 1 N–H and O–H groups in total. The van der Waals surface area contributed by atoms with Gasteiger partial charge in [-0.1, -0.05) is 12.1 Å². The predicted molar refractivity (Wildman–Crippen MR) is 87.6 cm³/mol. The van der Waals surface area contributed by atoms with E-state index in [1.165, 1.54) is 11.1 Å². The summed E-state index contributed by atoms with van der Waals surface area (Å²) in [7, 11) is 0. The van der Waals surface area contributed by atoms with E-state index in [0.717, 1.165) is 36.7 Å². The van der Waals surface area contributed by atoms with Crippen LogP contribution in [0.25, 0.3) is 0 Å². The molecule has 1 aromatic rings. The third-order valence-electron chi connectivity index (χ3n) is 4.47. The molecule has 0 aromatic heterocycles. The fourth-order valence-corrected chi connectivity index (χ4v) is 3.21. The molecule has 2 aliphatic rings. The van der Waals surface area contributed by atoms with Crippen LogP contribution < -0.4 is 5.32 Å². The first-order chi connectivity index (χ1) is 10.1. The highest BCUT2D eigenvalue weighted by Crippen LogP contribution is 2.31. The quantitative estimate of drug-likeness (QED) is 0.807. The maximum atomic E-state index is 5.75. The van der Waals surface area contributed by atoms with Crippen LogP contribution in [0.3, 0.4) is 0 Å². The number of thiocarbonyl (C=S) groups is 1. The number of hydrogen-bond donors (Lipinski definition) is 1. The second-order valence-electron chi connectivity index (χ2n) is 5.77. The molecule has 2 heterocycles. The van der Waals surface area contributed by atoms with Crippen molar-refractivity contribution in [2.24, 2.45) is 0 Å². The van der Waals surface area contributed by atoms with Crippen molar-refractivity contribution in [3.8, 4) is 0 Å². The topological polar surface area (TPSA) is 33.7 Å². The van der Waals surface area contributed by atoms with Gasteiger partial charge in [-0.3, -0.25) is 0 Å². The van der Waals surface area contributed by atoms with E-state index in [0.29, 0.717) is 13.2 Å². The molecule has 21 heavy (non-hydrogen) atoms. The van der Waals surface area contributed by atoms with Crippen LogP contribution >= 0.6 is 12.2 Å². The van der Waals surface area contributed by atoms with Crippen LogP contribution in [-0.4, -0.2) is 42.1 Å². The molecular formula is C16H22N2O2S. The van der Waals surface area contributed by atoms with Gasteiger partial charge in [0.25, 0.3) is 0 Å². The highest BCUT2D eigenvalue weighted by molar-refractivity contribution is 7.80. The number of benzene rings is 1. The molecule has 5 heteroatoms. The number of ether oxygens (including phenoxy) is 2. The normalized spacial score (nSPS) is 20.8. The molecule has 2 saturated heterocycles. The lowest BCUT2D eigenvalue weighted by atomic mass is 10.0. The zero-order chi connectivity index (χ0) is 14.9. The average Bonchev–Trinajstić information content (AvgIpc) is 2.93. The Hall–Kier alpha value is -1.17. The Morgan fingerprint density at radius 2 is 1.86 bits per heavy atom. The van der Waals surface area contributed by atoms with Crippen molar-refractivity contribution in [3.05, 3.63) is 29.3 Å². The van der Waals surface area contributed by atoms with E-state index in [-0.39, 0.29) is 5.79 Å². The second kappa shape index (κ2) is 5.91. The highest BCUT2D eigenvalue weighted by Gasteiger charge is 2.40. The Morgan fingerprint density at radius 3 is 2.52 bits per heavy atom. The van der Waals surface area contributed by atoms with Crippen LogP contribution in [-0.2, 0) is 9.47 Å². The van der Waals surface area contributed by atoms with Gasteiger partial charge >= 0.3 is 0 Å². The summed E-state index contributed by atoms with van der Waals surface area (Å²) in [6.45, 7) is 7.40. The van der Waals surface area contributed by atoms with Crippen LogP contribution in [0.2, 0.25) is 0 Å². The average molecular weight is 306 g/mol. The van der Waals surface area contributed by atoms with E-state index in [1.807, 2.05) is 0 Å². The zero-order valence-electron chi connectivity index (χ0n) is 12.6. The van der Waals surface area contributed by atoms with Crippen LogP contribution in [0.4, 0.5) is 5.69 Å². The van der Waals surface area contributed by atoms with Gasteiger partial charge in [0.2, 0.25) is 0 Å². The van der Waals surface area contributed by atoms with Gasteiger partial charge in [-0.2, -0.15) is 0 Å². The highest BCUT2D eigenvalue weighted by atomic mass is 32.1. The molecule has 0 radical (unpaired) electrons. The first kappa shape index (κ1) is 14.8. The maximum absolute atomic E-state index is 5.75. The minimum Gasteiger partial charge on any atom is -0.349 e. The largest absolute Gasteiger partial charge is 0.349 e. The smallest absolute Gasteiger partial charge is 0.173 e. The number of likely N-dealkylation sites (tertiary alicyclic amines) is 1. The summed E-state index contributed by atoms with van der Waals surface area (Å²) in [6, 6.07) is 6.24. The van der Waals surface area contributed by atoms with Gasteiger partial charge in [-0.05, 0) is 43.3 Å².